The van der Waals surface area contributed by atoms with Crippen LogP contribution in [-0.2, 0) is 10.0 Å². The van der Waals surface area contributed by atoms with Gasteiger partial charge in [0.1, 0.15) is 22.4 Å². The number of benzene rings is 1. The molecule has 3 rings (SSSR count). The summed E-state index contributed by atoms with van der Waals surface area (Å²) in [5.74, 6) is 1.49. The minimum absolute atomic E-state index is 0.0473. The summed E-state index contributed by atoms with van der Waals surface area (Å²) in [4.78, 5) is 8.53. The third-order valence-electron chi connectivity index (χ3n) is 3.90. The molecule has 0 spiro atoms. The molecule has 0 aliphatic heterocycles. The van der Waals surface area contributed by atoms with Gasteiger partial charge in [0.15, 0.2) is 0 Å². The number of thiophene rings is 1. The van der Waals surface area contributed by atoms with E-state index < -0.39 is 10.0 Å². The van der Waals surface area contributed by atoms with Crippen molar-refractivity contribution in [3.63, 3.8) is 0 Å². The van der Waals surface area contributed by atoms with Gasteiger partial charge in [0.2, 0.25) is 16.0 Å². The van der Waals surface area contributed by atoms with Gasteiger partial charge in [-0.2, -0.15) is 4.98 Å². The minimum Gasteiger partial charge on any atom is -0.492 e. The van der Waals surface area contributed by atoms with Crippen LogP contribution >= 0.6 is 27.3 Å². The van der Waals surface area contributed by atoms with Crippen molar-refractivity contribution in [2.45, 2.75) is 17.2 Å². The van der Waals surface area contributed by atoms with E-state index in [1.165, 1.54) is 6.07 Å². The van der Waals surface area contributed by atoms with Gasteiger partial charge >= 0.3 is 0 Å². The molecule has 0 radical (unpaired) electrons. The predicted molar refractivity (Wildman–Crippen MR) is 125 cm³/mol. The van der Waals surface area contributed by atoms with Crippen LogP contribution in [0.15, 0.2) is 56.7 Å². The van der Waals surface area contributed by atoms with E-state index in [-0.39, 0.29) is 30.0 Å². The van der Waals surface area contributed by atoms with Crippen molar-refractivity contribution >= 4 is 54.7 Å². The molecule has 0 amide bonds. The highest BCUT2D eigenvalue weighted by Gasteiger charge is 2.17. The van der Waals surface area contributed by atoms with Crippen LogP contribution in [0, 0.1) is 0 Å². The fraction of sp³-hybridized carbons (Fsp3) is 0.263. The standard InChI is InChI=1S/C19H22BrN5O4S2/c1-13(11-26)23-18-16(20)10-21-19(25-18)24-14-9-17(30-12-14)31(27,28)22-7-8-29-15-5-3-2-4-6-15/h2-6,9-10,12-13,22,26H,7-8,11H2,1H3,(H2,21,23,24,25)/t13-/m1/s1. The summed E-state index contributed by atoms with van der Waals surface area (Å²) in [6.07, 6.45) is 1.57. The lowest BCUT2D eigenvalue weighted by atomic mass is 10.3. The number of hydrogen-bond donors (Lipinski definition) is 4. The number of sulfonamides is 1. The van der Waals surface area contributed by atoms with Crippen LogP contribution in [-0.4, -0.2) is 49.3 Å². The highest BCUT2D eigenvalue weighted by molar-refractivity contribution is 9.10. The summed E-state index contributed by atoms with van der Waals surface area (Å²) in [6, 6.07) is 10.5. The topological polar surface area (TPSA) is 125 Å². The Morgan fingerprint density at radius 1 is 1.29 bits per heavy atom. The average molecular weight is 528 g/mol. The first-order valence-electron chi connectivity index (χ1n) is 9.30. The zero-order valence-corrected chi connectivity index (χ0v) is 19.8. The SMILES string of the molecule is C[C@H](CO)Nc1nc(Nc2csc(S(=O)(=O)NCCOc3ccccc3)c2)ncc1Br. The molecule has 31 heavy (non-hydrogen) atoms. The third kappa shape index (κ3) is 6.87. The molecule has 0 saturated carbocycles. The maximum Gasteiger partial charge on any atom is 0.250 e. The van der Waals surface area contributed by atoms with Gasteiger partial charge in [0, 0.05) is 24.2 Å². The van der Waals surface area contributed by atoms with Gasteiger partial charge in [-0.05, 0) is 41.1 Å². The van der Waals surface area contributed by atoms with Gasteiger partial charge < -0.3 is 20.5 Å². The van der Waals surface area contributed by atoms with Gasteiger partial charge in [-0.15, -0.1) is 11.3 Å². The number of anilines is 3. The van der Waals surface area contributed by atoms with E-state index in [4.69, 9.17) is 4.74 Å². The number of para-hydroxylation sites is 1. The largest absolute Gasteiger partial charge is 0.492 e. The molecule has 2 heterocycles. The maximum atomic E-state index is 12.5. The number of ether oxygens (including phenoxy) is 1. The Hall–Kier alpha value is -2.25. The van der Waals surface area contributed by atoms with Crippen LogP contribution < -0.4 is 20.1 Å². The molecule has 0 aliphatic carbocycles. The molecule has 0 bridgehead atoms. The van der Waals surface area contributed by atoms with Crippen LogP contribution in [0.5, 0.6) is 5.75 Å². The molecule has 0 aliphatic rings. The Bertz CT molecular complexity index is 1100. The zero-order chi connectivity index (χ0) is 22.3. The van der Waals surface area contributed by atoms with Crippen LogP contribution in [0.25, 0.3) is 0 Å². The zero-order valence-electron chi connectivity index (χ0n) is 16.6. The van der Waals surface area contributed by atoms with E-state index in [1.807, 2.05) is 25.1 Å². The smallest absolute Gasteiger partial charge is 0.250 e. The van der Waals surface area contributed by atoms with Gasteiger partial charge in [-0.3, -0.25) is 0 Å². The maximum absolute atomic E-state index is 12.5. The van der Waals surface area contributed by atoms with Crippen molar-refractivity contribution in [3.8, 4) is 5.75 Å². The summed E-state index contributed by atoms with van der Waals surface area (Å²) >= 11 is 4.44. The van der Waals surface area contributed by atoms with Crippen LogP contribution in [0.1, 0.15) is 6.92 Å². The third-order valence-corrected chi connectivity index (χ3v) is 7.38. The lowest BCUT2D eigenvalue weighted by molar-refractivity contribution is 0.281. The molecule has 3 aromatic rings. The molecule has 0 fully saturated rings. The number of halogens is 1. The molecule has 9 nitrogen and oxygen atoms in total. The summed E-state index contributed by atoms with van der Waals surface area (Å²) in [6.45, 7) is 2.13. The monoisotopic (exact) mass is 527 g/mol. The second-order valence-electron chi connectivity index (χ2n) is 6.46. The molecule has 4 N–H and O–H groups in total. The highest BCUT2D eigenvalue weighted by atomic mass is 79.9. The normalized spacial score (nSPS) is 12.4. The van der Waals surface area contributed by atoms with Gasteiger partial charge in [-0.25, -0.2) is 18.1 Å². The lowest BCUT2D eigenvalue weighted by Crippen LogP contribution is -2.27. The Morgan fingerprint density at radius 3 is 2.81 bits per heavy atom. The Morgan fingerprint density at radius 2 is 2.06 bits per heavy atom. The molecular weight excluding hydrogens is 506 g/mol. The first kappa shape index (κ1) is 23.4. The summed E-state index contributed by atoms with van der Waals surface area (Å²) in [7, 11) is -3.66. The van der Waals surface area contributed by atoms with E-state index in [0.717, 1.165) is 11.3 Å². The second kappa shape index (κ2) is 10.9. The predicted octanol–water partition coefficient (Wildman–Crippen LogP) is 3.19. The van der Waals surface area contributed by atoms with Crippen molar-refractivity contribution in [1.82, 2.24) is 14.7 Å². The first-order chi connectivity index (χ1) is 14.9. The molecule has 166 valence electrons. The van der Waals surface area contributed by atoms with E-state index in [2.05, 4.69) is 41.3 Å². The van der Waals surface area contributed by atoms with Crippen molar-refractivity contribution in [2.75, 3.05) is 30.4 Å². The van der Waals surface area contributed by atoms with Crippen LogP contribution in [0.2, 0.25) is 0 Å². The summed E-state index contributed by atoms with van der Waals surface area (Å²) < 4.78 is 33.9. The first-order valence-corrected chi connectivity index (χ1v) is 12.5. The number of aliphatic hydroxyl groups excluding tert-OH is 1. The fourth-order valence-electron chi connectivity index (χ4n) is 2.39. The van der Waals surface area contributed by atoms with Crippen molar-refractivity contribution in [2.24, 2.45) is 0 Å². The van der Waals surface area contributed by atoms with Crippen LogP contribution in [0.3, 0.4) is 0 Å². The van der Waals surface area contributed by atoms with E-state index in [9.17, 15) is 13.5 Å². The van der Waals surface area contributed by atoms with Gasteiger partial charge in [0.05, 0.1) is 16.8 Å². The number of rotatable bonds is 11. The fourth-order valence-corrected chi connectivity index (χ4v) is 4.87. The number of hydrogen-bond acceptors (Lipinski definition) is 9. The quantitative estimate of drug-likeness (QED) is 0.280. The minimum atomic E-state index is -3.66. The van der Waals surface area contributed by atoms with Crippen molar-refractivity contribution in [3.05, 3.63) is 52.4 Å². The van der Waals surface area contributed by atoms with Gasteiger partial charge in [0.25, 0.3) is 0 Å². The van der Waals surface area contributed by atoms with Crippen molar-refractivity contribution < 1.29 is 18.3 Å². The van der Waals surface area contributed by atoms with E-state index in [0.29, 0.717) is 27.7 Å². The lowest BCUT2D eigenvalue weighted by Gasteiger charge is -2.13. The Balaban J connectivity index is 1.58. The second-order valence-corrected chi connectivity index (χ2v) is 10.2. The molecule has 2 aromatic heterocycles. The molecular formula is C19H22BrN5O4S2. The number of nitrogens with one attached hydrogen (secondary N) is 3. The van der Waals surface area contributed by atoms with Crippen molar-refractivity contribution in [1.29, 1.82) is 0 Å². The summed E-state index contributed by atoms with van der Waals surface area (Å²) in [5, 5.41) is 16.9. The Labute approximate surface area is 193 Å². The molecule has 0 unspecified atom stereocenters. The average Bonchev–Trinajstić information content (AvgIpc) is 3.24. The van der Waals surface area contributed by atoms with E-state index in [1.54, 1.807) is 23.7 Å². The van der Waals surface area contributed by atoms with Gasteiger partial charge in [-0.1, -0.05) is 18.2 Å². The molecule has 12 heteroatoms. The Kier molecular flexibility index (Phi) is 8.21. The number of nitrogens with zero attached hydrogens (tertiary/aromatic N) is 2. The number of aliphatic hydroxyl groups is 1. The molecule has 1 atom stereocenters. The molecule has 0 saturated heterocycles. The highest BCUT2D eigenvalue weighted by Crippen LogP contribution is 2.27. The number of aromatic nitrogens is 2. The molecule has 1 aromatic carbocycles. The van der Waals surface area contributed by atoms with Crippen LogP contribution in [0.4, 0.5) is 17.5 Å². The van der Waals surface area contributed by atoms with E-state index >= 15 is 0 Å². The summed E-state index contributed by atoms with van der Waals surface area (Å²) in [5.41, 5.74) is 0.550.